The summed E-state index contributed by atoms with van der Waals surface area (Å²) in [5, 5.41) is 3.82. The Bertz CT molecular complexity index is 300. The molecule has 0 aromatic rings. The normalized spacial score (nSPS) is 35.6. The molecule has 1 N–H and O–H groups in total. The van der Waals surface area contributed by atoms with Crippen LogP contribution >= 0.6 is 0 Å². The van der Waals surface area contributed by atoms with Crippen molar-refractivity contribution in [3.8, 4) is 0 Å². The van der Waals surface area contributed by atoms with Gasteiger partial charge in [0.1, 0.15) is 0 Å². The molecule has 1 aliphatic heterocycles. The quantitative estimate of drug-likeness (QED) is 0.813. The van der Waals surface area contributed by atoms with E-state index in [0.717, 1.165) is 35.9 Å². The van der Waals surface area contributed by atoms with Crippen LogP contribution in [-0.2, 0) is 0 Å². The van der Waals surface area contributed by atoms with Crippen LogP contribution in [0.5, 0.6) is 0 Å². The molecule has 2 fully saturated rings. The lowest BCUT2D eigenvalue weighted by molar-refractivity contribution is -0.00117. The summed E-state index contributed by atoms with van der Waals surface area (Å²) in [6.07, 6.45) is 8.42. The van der Waals surface area contributed by atoms with Crippen LogP contribution in [0.15, 0.2) is 0 Å². The third-order valence-electron chi connectivity index (χ3n) is 5.94. The lowest BCUT2D eigenvalue weighted by atomic mass is 9.75. The summed E-state index contributed by atoms with van der Waals surface area (Å²) in [6.45, 7) is 14.5. The molecular formula is C19H38N2. The van der Waals surface area contributed by atoms with Crippen LogP contribution in [0.2, 0.25) is 0 Å². The van der Waals surface area contributed by atoms with E-state index >= 15 is 0 Å². The van der Waals surface area contributed by atoms with Crippen LogP contribution in [0.25, 0.3) is 0 Å². The van der Waals surface area contributed by atoms with Gasteiger partial charge in [-0.1, -0.05) is 53.9 Å². The van der Waals surface area contributed by atoms with Crippen LogP contribution in [-0.4, -0.2) is 36.1 Å². The summed E-state index contributed by atoms with van der Waals surface area (Å²) >= 11 is 0. The van der Waals surface area contributed by atoms with Gasteiger partial charge in [0, 0.05) is 31.2 Å². The molecule has 0 aromatic heterocycles. The first kappa shape index (κ1) is 17.3. The predicted octanol–water partition coefficient (Wildman–Crippen LogP) is 4.30. The Hall–Kier alpha value is -0.0800. The van der Waals surface area contributed by atoms with E-state index in [1.807, 2.05) is 0 Å². The van der Waals surface area contributed by atoms with Crippen molar-refractivity contribution in [2.45, 2.75) is 91.3 Å². The molecule has 4 unspecified atom stereocenters. The monoisotopic (exact) mass is 294 g/mol. The van der Waals surface area contributed by atoms with Crippen LogP contribution in [0.4, 0.5) is 0 Å². The van der Waals surface area contributed by atoms with Gasteiger partial charge in [0.05, 0.1) is 0 Å². The molecule has 1 saturated carbocycles. The number of rotatable bonds is 5. The molecule has 124 valence electrons. The second-order valence-electron chi connectivity index (χ2n) is 8.16. The summed E-state index contributed by atoms with van der Waals surface area (Å²) in [6, 6.07) is 2.30. The van der Waals surface area contributed by atoms with E-state index in [4.69, 9.17) is 0 Å². The molecule has 1 heterocycles. The fraction of sp³-hybridized carbons (Fsp3) is 1.00. The molecule has 0 radical (unpaired) electrons. The molecule has 1 aliphatic carbocycles. The van der Waals surface area contributed by atoms with Gasteiger partial charge in [0.2, 0.25) is 0 Å². The van der Waals surface area contributed by atoms with Gasteiger partial charge in [-0.15, -0.1) is 0 Å². The summed E-state index contributed by atoms with van der Waals surface area (Å²) < 4.78 is 0. The molecule has 1 saturated heterocycles. The van der Waals surface area contributed by atoms with Crippen molar-refractivity contribution in [3.63, 3.8) is 0 Å². The highest BCUT2D eigenvalue weighted by Gasteiger charge is 2.39. The van der Waals surface area contributed by atoms with Crippen molar-refractivity contribution in [3.05, 3.63) is 0 Å². The average molecular weight is 295 g/mol. The number of hydrogen-bond acceptors (Lipinski definition) is 2. The minimum Gasteiger partial charge on any atom is -0.311 e. The SMILES string of the molecule is CCCC1CN(C2CCCCC2C(C)C)C(C(C)C)CN1. The number of hydrogen-bond donors (Lipinski definition) is 1. The smallest absolute Gasteiger partial charge is 0.0247 e. The molecule has 2 rings (SSSR count). The van der Waals surface area contributed by atoms with Crippen molar-refractivity contribution in [1.29, 1.82) is 0 Å². The highest BCUT2D eigenvalue weighted by molar-refractivity contribution is 4.95. The topological polar surface area (TPSA) is 15.3 Å². The first-order valence-corrected chi connectivity index (χ1v) is 9.53. The first-order valence-electron chi connectivity index (χ1n) is 9.53. The van der Waals surface area contributed by atoms with E-state index in [-0.39, 0.29) is 0 Å². The molecule has 0 spiro atoms. The summed E-state index contributed by atoms with van der Waals surface area (Å²) in [7, 11) is 0. The van der Waals surface area contributed by atoms with Gasteiger partial charge in [-0.05, 0) is 37.0 Å². The fourth-order valence-electron chi connectivity index (χ4n) is 4.73. The zero-order valence-electron chi connectivity index (χ0n) is 15.1. The molecule has 21 heavy (non-hydrogen) atoms. The molecule has 0 aromatic carbocycles. The molecule has 0 bridgehead atoms. The number of nitrogens with zero attached hydrogens (tertiary/aromatic N) is 1. The summed E-state index contributed by atoms with van der Waals surface area (Å²) in [5.74, 6) is 2.51. The van der Waals surface area contributed by atoms with Crippen molar-refractivity contribution in [2.75, 3.05) is 13.1 Å². The Balaban J connectivity index is 2.13. The van der Waals surface area contributed by atoms with Gasteiger partial charge >= 0.3 is 0 Å². The van der Waals surface area contributed by atoms with E-state index in [0.29, 0.717) is 0 Å². The Labute approximate surface area is 133 Å². The Morgan fingerprint density at radius 2 is 1.76 bits per heavy atom. The third-order valence-corrected chi connectivity index (χ3v) is 5.94. The first-order chi connectivity index (χ1) is 10.0. The maximum absolute atomic E-state index is 3.82. The molecule has 0 amide bonds. The van der Waals surface area contributed by atoms with E-state index in [2.05, 4.69) is 44.8 Å². The Morgan fingerprint density at radius 3 is 2.38 bits per heavy atom. The zero-order chi connectivity index (χ0) is 15.4. The summed E-state index contributed by atoms with van der Waals surface area (Å²) in [4.78, 5) is 2.94. The highest BCUT2D eigenvalue weighted by atomic mass is 15.3. The van der Waals surface area contributed by atoms with E-state index in [1.165, 1.54) is 51.6 Å². The van der Waals surface area contributed by atoms with Gasteiger partial charge in [0.25, 0.3) is 0 Å². The Morgan fingerprint density at radius 1 is 1.05 bits per heavy atom. The van der Waals surface area contributed by atoms with Crippen LogP contribution in [0.1, 0.15) is 73.1 Å². The minimum absolute atomic E-state index is 0.722. The van der Waals surface area contributed by atoms with E-state index < -0.39 is 0 Å². The molecular weight excluding hydrogens is 256 g/mol. The fourth-order valence-corrected chi connectivity index (χ4v) is 4.73. The van der Waals surface area contributed by atoms with Gasteiger partial charge in [-0.3, -0.25) is 4.90 Å². The second kappa shape index (κ2) is 7.97. The van der Waals surface area contributed by atoms with Crippen LogP contribution in [0.3, 0.4) is 0 Å². The average Bonchev–Trinajstić information content (AvgIpc) is 2.47. The zero-order valence-corrected chi connectivity index (χ0v) is 15.1. The van der Waals surface area contributed by atoms with E-state index in [1.54, 1.807) is 0 Å². The highest BCUT2D eigenvalue weighted by Crippen LogP contribution is 2.36. The largest absolute Gasteiger partial charge is 0.311 e. The van der Waals surface area contributed by atoms with Crippen LogP contribution < -0.4 is 5.32 Å². The lowest BCUT2D eigenvalue weighted by Gasteiger charge is -2.51. The molecule has 2 aliphatic rings. The van der Waals surface area contributed by atoms with Gasteiger partial charge in [0.15, 0.2) is 0 Å². The van der Waals surface area contributed by atoms with Crippen molar-refractivity contribution < 1.29 is 0 Å². The predicted molar refractivity (Wildman–Crippen MR) is 92.6 cm³/mol. The molecule has 4 atom stereocenters. The van der Waals surface area contributed by atoms with Gasteiger partial charge in [-0.25, -0.2) is 0 Å². The summed E-state index contributed by atoms with van der Waals surface area (Å²) in [5.41, 5.74) is 0. The third kappa shape index (κ3) is 4.22. The van der Waals surface area contributed by atoms with E-state index in [9.17, 15) is 0 Å². The second-order valence-corrected chi connectivity index (χ2v) is 8.16. The van der Waals surface area contributed by atoms with Crippen molar-refractivity contribution in [1.82, 2.24) is 10.2 Å². The lowest BCUT2D eigenvalue weighted by Crippen LogP contribution is -2.63. The molecule has 2 nitrogen and oxygen atoms in total. The van der Waals surface area contributed by atoms with Crippen molar-refractivity contribution >= 4 is 0 Å². The van der Waals surface area contributed by atoms with Gasteiger partial charge < -0.3 is 5.32 Å². The standard InChI is InChI=1S/C19H38N2/c1-6-9-16-13-21(19(12-20-16)15(4)5)18-11-8-7-10-17(18)14(2)3/h14-20H,6-13H2,1-5H3. The number of nitrogens with one attached hydrogen (secondary N) is 1. The molecule has 2 heteroatoms. The van der Waals surface area contributed by atoms with Gasteiger partial charge in [-0.2, -0.15) is 0 Å². The Kier molecular flexibility index (Phi) is 6.55. The minimum atomic E-state index is 0.722. The van der Waals surface area contributed by atoms with Crippen molar-refractivity contribution in [2.24, 2.45) is 17.8 Å². The maximum Gasteiger partial charge on any atom is 0.0247 e. The maximum atomic E-state index is 3.82. The van der Waals surface area contributed by atoms with Crippen LogP contribution in [0, 0.1) is 17.8 Å². The number of piperazine rings is 1.